The molecule has 2 heterocycles. The summed E-state index contributed by atoms with van der Waals surface area (Å²) < 4.78 is 0. The first kappa shape index (κ1) is 13.4. The summed E-state index contributed by atoms with van der Waals surface area (Å²) in [6.07, 6.45) is 2.23. The molecule has 1 aromatic heterocycles. The predicted octanol–water partition coefficient (Wildman–Crippen LogP) is 3.70. The lowest BCUT2D eigenvalue weighted by Crippen LogP contribution is -2.24. The number of fused-ring (bicyclic) bond motifs is 1. The van der Waals surface area contributed by atoms with Crippen molar-refractivity contribution in [3.05, 3.63) is 51.9 Å². The number of rotatable bonds is 1. The molecule has 0 bridgehead atoms. The Kier molecular flexibility index (Phi) is 3.62. The fraction of sp³-hybridized carbons (Fsp3) is 0.375. The smallest absolute Gasteiger partial charge is 0.171 e. The van der Waals surface area contributed by atoms with Crippen LogP contribution in [0.3, 0.4) is 0 Å². The zero-order valence-corrected chi connectivity index (χ0v) is 12.6. The molecule has 0 saturated carbocycles. The molecule has 1 aromatic carbocycles. The maximum atomic E-state index is 6.30. The van der Waals surface area contributed by atoms with Gasteiger partial charge in [-0.3, -0.25) is 0 Å². The van der Waals surface area contributed by atoms with Gasteiger partial charge in [0, 0.05) is 13.1 Å². The van der Waals surface area contributed by atoms with Gasteiger partial charge in [-0.2, -0.15) is 0 Å². The summed E-state index contributed by atoms with van der Waals surface area (Å²) in [6.45, 7) is 5.74. The first-order valence-corrected chi connectivity index (χ1v) is 7.35. The highest BCUT2D eigenvalue weighted by molar-refractivity contribution is 6.31. The molecule has 104 valence electrons. The van der Waals surface area contributed by atoms with Gasteiger partial charge in [0.1, 0.15) is 0 Å². The summed E-state index contributed by atoms with van der Waals surface area (Å²) in [6, 6.07) is 8.61. The lowest BCUT2D eigenvalue weighted by atomic mass is 10.0. The van der Waals surface area contributed by atoms with Crippen molar-refractivity contribution in [3.63, 3.8) is 0 Å². The molecule has 1 aliphatic heterocycles. The van der Waals surface area contributed by atoms with Crippen LogP contribution in [0.1, 0.15) is 28.9 Å². The zero-order valence-electron chi connectivity index (χ0n) is 11.9. The number of aryl methyl sites for hydroxylation is 3. The van der Waals surface area contributed by atoms with Crippen molar-refractivity contribution in [2.75, 3.05) is 11.4 Å². The number of benzene rings is 1. The third kappa shape index (κ3) is 2.50. The standard InChI is InChI=1S/C16H18ClN3/c1-11-12(2)19-16(15(17)18-11)20-9-5-8-13-6-3-4-7-14(13)10-20/h3-4,6-7H,5,8-10H2,1-2H3. The molecule has 0 fully saturated rings. The molecular weight excluding hydrogens is 270 g/mol. The number of anilines is 1. The van der Waals surface area contributed by atoms with E-state index in [2.05, 4.69) is 39.1 Å². The third-order valence-electron chi connectivity index (χ3n) is 3.90. The number of nitrogens with zero attached hydrogens (tertiary/aromatic N) is 3. The molecule has 0 aliphatic carbocycles. The molecule has 20 heavy (non-hydrogen) atoms. The molecule has 1 aliphatic rings. The molecule has 0 amide bonds. The van der Waals surface area contributed by atoms with Crippen molar-refractivity contribution in [2.24, 2.45) is 0 Å². The summed E-state index contributed by atoms with van der Waals surface area (Å²) >= 11 is 6.30. The minimum atomic E-state index is 0.507. The number of aromatic nitrogens is 2. The van der Waals surface area contributed by atoms with Crippen LogP contribution in [-0.2, 0) is 13.0 Å². The van der Waals surface area contributed by atoms with Gasteiger partial charge in [0.05, 0.1) is 11.4 Å². The summed E-state index contributed by atoms with van der Waals surface area (Å²) in [7, 11) is 0. The Bertz CT molecular complexity index is 640. The second-order valence-electron chi connectivity index (χ2n) is 5.30. The second-order valence-corrected chi connectivity index (χ2v) is 5.66. The van der Waals surface area contributed by atoms with Gasteiger partial charge in [-0.25, -0.2) is 9.97 Å². The van der Waals surface area contributed by atoms with E-state index in [-0.39, 0.29) is 0 Å². The minimum absolute atomic E-state index is 0.507. The van der Waals surface area contributed by atoms with Crippen molar-refractivity contribution >= 4 is 17.4 Å². The van der Waals surface area contributed by atoms with Crippen LogP contribution in [0.15, 0.2) is 24.3 Å². The van der Waals surface area contributed by atoms with Crippen LogP contribution in [-0.4, -0.2) is 16.5 Å². The molecule has 0 atom stereocenters. The van der Waals surface area contributed by atoms with Gasteiger partial charge in [0.2, 0.25) is 0 Å². The molecule has 0 N–H and O–H groups in total. The number of halogens is 1. The summed E-state index contributed by atoms with van der Waals surface area (Å²) in [5.41, 5.74) is 4.64. The van der Waals surface area contributed by atoms with Crippen LogP contribution in [0.4, 0.5) is 5.82 Å². The molecule has 0 radical (unpaired) electrons. The van der Waals surface area contributed by atoms with Crippen molar-refractivity contribution < 1.29 is 0 Å². The predicted molar refractivity (Wildman–Crippen MR) is 82.3 cm³/mol. The molecular formula is C16H18ClN3. The summed E-state index contributed by atoms with van der Waals surface area (Å²) in [4.78, 5) is 11.3. The van der Waals surface area contributed by atoms with E-state index in [1.165, 1.54) is 11.1 Å². The fourth-order valence-electron chi connectivity index (χ4n) is 2.65. The largest absolute Gasteiger partial charge is 0.350 e. The summed E-state index contributed by atoms with van der Waals surface area (Å²) in [5, 5.41) is 0.507. The van der Waals surface area contributed by atoms with E-state index in [0.717, 1.165) is 43.1 Å². The SMILES string of the molecule is Cc1nc(Cl)c(N2CCCc3ccccc3C2)nc1C. The van der Waals surface area contributed by atoms with E-state index in [4.69, 9.17) is 11.6 Å². The summed E-state index contributed by atoms with van der Waals surface area (Å²) in [5.74, 6) is 0.812. The molecule has 0 unspecified atom stereocenters. The first-order valence-electron chi connectivity index (χ1n) is 6.97. The van der Waals surface area contributed by atoms with Gasteiger partial charge in [0.15, 0.2) is 11.0 Å². The average Bonchev–Trinajstić information content (AvgIpc) is 2.65. The number of hydrogen-bond donors (Lipinski definition) is 0. The highest BCUT2D eigenvalue weighted by Gasteiger charge is 2.19. The van der Waals surface area contributed by atoms with Crippen LogP contribution < -0.4 is 4.90 Å². The Labute approximate surface area is 124 Å². The monoisotopic (exact) mass is 287 g/mol. The Balaban J connectivity index is 1.97. The van der Waals surface area contributed by atoms with Gasteiger partial charge < -0.3 is 4.90 Å². The van der Waals surface area contributed by atoms with E-state index in [9.17, 15) is 0 Å². The van der Waals surface area contributed by atoms with Crippen LogP contribution in [0, 0.1) is 13.8 Å². The third-order valence-corrected chi connectivity index (χ3v) is 4.15. The second kappa shape index (κ2) is 5.41. The highest BCUT2D eigenvalue weighted by atomic mass is 35.5. The van der Waals surface area contributed by atoms with Gasteiger partial charge in [-0.05, 0) is 37.8 Å². The van der Waals surface area contributed by atoms with E-state index in [1.807, 2.05) is 13.8 Å². The van der Waals surface area contributed by atoms with Crippen molar-refractivity contribution in [1.82, 2.24) is 9.97 Å². The Morgan fingerprint density at radius 2 is 1.75 bits per heavy atom. The van der Waals surface area contributed by atoms with Crippen molar-refractivity contribution in [3.8, 4) is 0 Å². The van der Waals surface area contributed by atoms with E-state index in [0.29, 0.717) is 5.15 Å². The molecule has 2 aromatic rings. The Hall–Kier alpha value is -1.61. The quantitative estimate of drug-likeness (QED) is 0.801. The van der Waals surface area contributed by atoms with E-state index in [1.54, 1.807) is 0 Å². The van der Waals surface area contributed by atoms with E-state index < -0.39 is 0 Å². The van der Waals surface area contributed by atoms with Crippen LogP contribution in [0.5, 0.6) is 0 Å². The average molecular weight is 288 g/mol. The minimum Gasteiger partial charge on any atom is -0.350 e. The Morgan fingerprint density at radius 1 is 1.05 bits per heavy atom. The zero-order chi connectivity index (χ0) is 14.1. The molecule has 0 spiro atoms. The van der Waals surface area contributed by atoms with Crippen LogP contribution in [0.25, 0.3) is 0 Å². The maximum Gasteiger partial charge on any atom is 0.171 e. The molecule has 3 rings (SSSR count). The normalized spacial score (nSPS) is 14.8. The van der Waals surface area contributed by atoms with Crippen LogP contribution >= 0.6 is 11.6 Å². The van der Waals surface area contributed by atoms with Gasteiger partial charge in [0.25, 0.3) is 0 Å². The topological polar surface area (TPSA) is 29.0 Å². The van der Waals surface area contributed by atoms with E-state index >= 15 is 0 Å². The van der Waals surface area contributed by atoms with Gasteiger partial charge >= 0.3 is 0 Å². The van der Waals surface area contributed by atoms with Crippen LogP contribution in [0.2, 0.25) is 5.15 Å². The Morgan fingerprint density at radius 3 is 2.55 bits per heavy atom. The highest BCUT2D eigenvalue weighted by Crippen LogP contribution is 2.27. The first-order chi connectivity index (χ1) is 9.65. The lowest BCUT2D eigenvalue weighted by Gasteiger charge is -2.23. The fourth-order valence-corrected chi connectivity index (χ4v) is 2.94. The van der Waals surface area contributed by atoms with Crippen molar-refractivity contribution in [1.29, 1.82) is 0 Å². The molecule has 0 saturated heterocycles. The maximum absolute atomic E-state index is 6.30. The van der Waals surface area contributed by atoms with Crippen molar-refractivity contribution in [2.45, 2.75) is 33.2 Å². The number of hydrogen-bond acceptors (Lipinski definition) is 3. The molecule has 4 heteroatoms. The van der Waals surface area contributed by atoms with Gasteiger partial charge in [-0.1, -0.05) is 35.9 Å². The van der Waals surface area contributed by atoms with Gasteiger partial charge in [-0.15, -0.1) is 0 Å². The molecule has 3 nitrogen and oxygen atoms in total. The lowest BCUT2D eigenvalue weighted by molar-refractivity contribution is 0.748.